The van der Waals surface area contributed by atoms with Crippen molar-refractivity contribution in [3.8, 4) is 0 Å². The first-order valence-electron chi connectivity index (χ1n) is 4.56. The highest BCUT2D eigenvalue weighted by Crippen LogP contribution is 2.50. The molecule has 1 aliphatic heterocycles. The Morgan fingerprint density at radius 3 is 2.12 bits per heavy atom. The molecule has 1 aliphatic rings. The molecule has 1 rings (SSSR count). The van der Waals surface area contributed by atoms with Crippen LogP contribution in [-0.4, -0.2) is 43.3 Å². The van der Waals surface area contributed by atoms with Gasteiger partial charge in [-0.2, -0.15) is 26.3 Å². The number of alkyl halides is 6. The van der Waals surface area contributed by atoms with E-state index in [1.165, 1.54) is 11.7 Å². The molecule has 3 nitrogen and oxygen atoms in total. The van der Waals surface area contributed by atoms with Crippen LogP contribution in [0.25, 0.3) is 0 Å². The lowest BCUT2D eigenvalue weighted by atomic mass is 10.3. The van der Waals surface area contributed by atoms with E-state index in [1.807, 2.05) is 0 Å². The Hall–Kier alpha value is -0.110. The van der Waals surface area contributed by atoms with Crippen molar-refractivity contribution in [2.45, 2.75) is 24.9 Å². The van der Waals surface area contributed by atoms with Crippen LogP contribution in [0, 0.1) is 0 Å². The second-order valence-corrected chi connectivity index (χ2v) is 5.00. The van der Waals surface area contributed by atoms with E-state index in [4.69, 9.17) is 4.52 Å². The van der Waals surface area contributed by atoms with Crippen LogP contribution in [0.4, 0.5) is 26.3 Å². The summed E-state index contributed by atoms with van der Waals surface area (Å²) in [6.45, 7) is 0.437. The van der Waals surface area contributed by atoms with Crippen LogP contribution < -0.4 is 0 Å². The predicted octanol–water partition coefficient (Wildman–Crippen LogP) is 3.08. The van der Waals surface area contributed by atoms with E-state index in [2.05, 4.69) is 4.52 Å². The third-order valence-electron chi connectivity index (χ3n) is 1.90. The third-order valence-corrected chi connectivity index (χ3v) is 3.45. The van der Waals surface area contributed by atoms with Crippen molar-refractivity contribution in [1.29, 1.82) is 0 Å². The van der Waals surface area contributed by atoms with Gasteiger partial charge in [-0.25, -0.2) is 4.67 Å². The topological polar surface area (TPSA) is 21.7 Å². The van der Waals surface area contributed by atoms with Gasteiger partial charge in [-0.1, -0.05) is 0 Å². The smallest absolute Gasteiger partial charge is 0.322 e. The first-order valence-corrected chi connectivity index (χ1v) is 5.69. The second-order valence-electron chi connectivity index (χ2n) is 3.37. The molecular weight excluding hydrogens is 275 g/mol. The SMILES string of the molecule is CN1CCCOP1OC(C(F)(F)F)C(F)(F)F. The lowest BCUT2D eigenvalue weighted by molar-refractivity contribution is -0.301. The first kappa shape index (κ1) is 14.9. The molecule has 0 bridgehead atoms. The van der Waals surface area contributed by atoms with Gasteiger partial charge in [0.2, 0.25) is 0 Å². The van der Waals surface area contributed by atoms with Gasteiger partial charge in [0, 0.05) is 6.54 Å². The average molecular weight is 285 g/mol. The molecule has 0 aromatic carbocycles. The Bertz CT molecular complexity index is 244. The Morgan fingerprint density at radius 1 is 1.18 bits per heavy atom. The molecule has 0 aromatic heterocycles. The molecule has 0 amide bonds. The number of nitrogens with zero attached hydrogens (tertiary/aromatic N) is 1. The minimum atomic E-state index is -5.50. The minimum Gasteiger partial charge on any atom is -0.322 e. The summed E-state index contributed by atoms with van der Waals surface area (Å²) in [5.74, 6) is 0. The fraction of sp³-hybridized carbons (Fsp3) is 1.00. The van der Waals surface area contributed by atoms with Crippen molar-refractivity contribution in [2.75, 3.05) is 20.2 Å². The summed E-state index contributed by atoms with van der Waals surface area (Å²) in [7, 11) is -0.952. The fourth-order valence-electron chi connectivity index (χ4n) is 1.12. The van der Waals surface area contributed by atoms with Gasteiger partial charge in [-0.15, -0.1) is 0 Å². The summed E-state index contributed by atoms with van der Waals surface area (Å²) >= 11 is 0. The Morgan fingerprint density at radius 2 is 1.71 bits per heavy atom. The quantitative estimate of drug-likeness (QED) is 0.575. The maximum Gasteiger partial charge on any atom is 0.424 e. The van der Waals surface area contributed by atoms with Crippen molar-refractivity contribution >= 4 is 8.53 Å². The number of rotatable bonds is 2. The molecule has 0 saturated carbocycles. The third kappa shape index (κ3) is 4.24. The molecule has 102 valence electrons. The maximum atomic E-state index is 12.2. The van der Waals surface area contributed by atoms with E-state index in [0.29, 0.717) is 13.0 Å². The molecule has 0 spiro atoms. The van der Waals surface area contributed by atoms with E-state index in [1.54, 1.807) is 0 Å². The van der Waals surface area contributed by atoms with E-state index in [9.17, 15) is 26.3 Å². The highest BCUT2D eigenvalue weighted by molar-refractivity contribution is 7.44. The molecule has 17 heavy (non-hydrogen) atoms. The lowest BCUT2D eigenvalue weighted by Gasteiger charge is -2.33. The van der Waals surface area contributed by atoms with Gasteiger partial charge in [0.15, 0.2) is 0 Å². The highest BCUT2D eigenvalue weighted by Gasteiger charge is 2.59. The Balaban J connectivity index is 2.73. The lowest BCUT2D eigenvalue weighted by Crippen LogP contribution is -2.44. The summed E-state index contributed by atoms with van der Waals surface area (Å²) < 4.78 is 83.2. The molecular formula is C7H10F6NO2P. The fourth-order valence-corrected chi connectivity index (χ4v) is 2.55. The number of hydrogen-bond donors (Lipinski definition) is 0. The van der Waals surface area contributed by atoms with Crippen LogP contribution in [0.5, 0.6) is 0 Å². The van der Waals surface area contributed by atoms with Gasteiger partial charge in [-0.05, 0) is 13.5 Å². The van der Waals surface area contributed by atoms with Crippen molar-refractivity contribution in [1.82, 2.24) is 4.67 Å². The minimum absolute atomic E-state index is 0.0957. The van der Waals surface area contributed by atoms with E-state index in [-0.39, 0.29) is 6.61 Å². The molecule has 1 saturated heterocycles. The molecule has 1 unspecified atom stereocenters. The summed E-state index contributed by atoms with van der Waals surface area (Å²) in [6, 6.07) is 0. The van der Waals surface area contributed by atoms with Gasteiger partial charge >= 0.3 is 12.4 Å². The zero-order valence-corrected chi connectivity index (χ0v) is 9.57. The largest absolute Gasteiger partial charge is 0.424 e. The average Bonchev–Trinajstić information content (AvgIpc) is 2.12. The van der Waals surface area contributed by atoms with Gasteiger partial charge in [0.1, 0.15) is 0 Å². The zero-order chi connectivity index (χ0) is 13.3. The van der Waals surface area contributed by atoms with Crippen LogP contribution in [0.3, 0.4) is 0 Å². The molecule has 0 N–H and O–H groups in total. The van der Waals surface area contributed by atoms with Gasteiger partial charge in [-0.3, -0.25) is 4.52 Å². The van der Waals surface area contributed by atoms with Crippen LogP contribution >= 0.6 is 8.53 Å². The molecule has 10 heteroatoms. The number of hydrogen-bond acceptors (Lipinski definition) is 3. The standard InChI is InChI=1S/C7H10F6NO2P/c1-14-3-2-4-15-17(14)16-5(6(8,9)10)7(11,12)13/h5H,2-4H2,1H3. The maximum absolute atomic E-state index is 12.2. The Kier molecular flexibility index (Phi) is 4.62. The summed E-state index contributed by atoms with van der Waals surface area (Å²) in [5.41, 5.74) is 0. The summed E-state index contributed by atoms with van der Waals surface area (Å²) in [6.07, 6.45) is -14.3. The van der Waals surface area contributed by atoms with E-state index >= 15 is 0 Å². The first-order chi connectivity index (χ1) is 7.62. The van der Waals surface area contributed by atoms with Crippen LogP contribution in [-0.2, 0) is 9.05 Å². The van der Waals surface area contributed by atoms with Crippen molar-refractivity contribution in [3.63, 3.8) is 0 Å². The molecule has 0 aliphatic carbocycles. The van der Waals surface area contributed by atoms with Gasteiger partial charge in [0.05, 0.1) is 6.61 Å². The zero-order valence-electron chi connectivity index (χ0n) is 8.68. The molecule has 0 radical (unpaired) electrons. The summed E-state index contributed by atoms with van der Waals surface area (Å²) in [4.78, 5) is 0. The summed E-state index contributed by atoms with van der Waals surface area (Å²) in [5, 5.41) is 0. The normalized spacial score (nSPS) is 24.4. The van der Waals surface area contributed by atoms with Gasteiger partial charge in [0.25, 0.3) is 14.6 Å². The van der Waals surface area contributed by atoms with E-state index < -0.39 is 27.0 Å². The van der Waals surface area contributed by atoms with Crippen molar-refractivity contribution < 1.29 is 35.4 Å². The highest BCUT2D eigenvalue weighted by atomic mass is 31.2. The van der Waals surface area contributed by atoms with Crippen molar-refractivity contribution in [3.05, 3.63) is 0 Å². The van der Waals surface area contributed by atoms with Crippen LogP contribution in [0.15, 0.2) is 0 Å². The molecule has 1 heterocycles. The van der Waals surface area contributed by atoms with Crippen molar-refractivity contribution in [2.24, 2.45) is 0 Å². The van der Waals surface area contributed by atoms with Crippen LogP contribution in [0.2, 0.25) is 0 Å². The molecule has 1 atom stereocenters. The predicted molar refractivity (Wildman–Crippen MR) is 47.1 cm³/mol. The Labute approximate surface area is 94.6 Å². The molecule has 1 fully saturated rings. The van der Waals surface area contributed by atoms with Gasteiger partial charge < -0.3 is 4.52 Å². The van der Waals surface area contributed by atoms with E-state index in [0.717, 1.165) is 0 Å². The monoisotopic (exact) mass is 285 g/mol. The second kappa shape index (κ2) is 5.26. The van der Waals surface area contributed by atoms with Crippen LogP contribution in [0.1, 0.15) is 6.42 Å². The molecule has 0 aromatic rings. The number of halogens is 6.